The van der Waals surface area contributed by atoms with E-state index in [4.69, 9.17) is 9.47 Å². The maximum Gasteiger partial charge on any atom is 0.254 e. The fourth-order valence-corrected chi connectivity index (χ4v) is 3.98. The summed E-state index contributed by atoms with van der Waals surface area (Å²) in [6.45, 7) is 3.97. The van der Waals surface area contributed by atoms with Gasteiger partial charge in [-0.05, 0) is 48.1 Å². The van der Waals surface area contributed by atoms with Crippen molar-refractivity contribution < 1.29 is 19.1 Å². The van der Waals surface area contributed by atoms with Gasteiger partial charge in [0.25, 0.3) is 5.91 Å². The molecule has 2 aromatic rings. The van der Waals surface area contributed by atoms with Gasteiger partial charge < -0.3 is 19.7 Å². The Bertz CT molecular complexity index is 818. The standard InChI is InChI=1S/C20H24N2O4S/c1-14-16(20(24)22-8-6-18-15(12-22)7-11-27-18)4-3-5-17(14)21-19(23)13-26-10-9-25-2/h3-5,7,11H,6,8-10,12-13H2,1-2H3,(H,21,23). The van der Waals surface area contributed by atoms with Gasteiger partial charge in [-0.25, -0.2) is 0 Å². The first-order valence-electron chi connectivity index (χ1n) is 8.91. The van der Waals surface area contributed by atoms with Crippen molar-refractivity contribution >= 4 is 28.8 Å². The molecule has 0 unspecified atom stereocenters. The summed E-state index contributed by atoms with van der Waals surface area (Å²) in [6, 6.07) is 7.49. The average molecular weight is 388 g/mol. The van der Waals surface area contributed by atoms with Crippen molar-refractivity contribution in [3.63, 3.8) is 0 Å². The molecule has 7 heteroatoms. The van der Waals surface area contributed by atoms with Crippen LogP contribution in [-0.2, 0) is 27.2 Å². The highest BCUT2D eigenvalue weighted by atomic mass is 32.1. The third kappa shape index (κ3) is 4.74. The molecule has 0 radical (unpaired) electrons. The number of ether oxygens (including phenoxy) is 2. The second-order valence-corrected chi connectivity index (χ2v) is 7.42. The Balaban J connectivity index is 1.66. The van der Waals surface area contributed by atoms with Crippen LogP contribution in [0.2, 0.25) is 0 Å². The molecule has 0 bridgehead atoms. The van der Waals surface area contributed by atoms with Crippen LogP contribution < -0.4 is 5.32 Å². The fourth-order valence-electron chi connectivity index (χ4n) is 3.09. The molecule has 0 aliphatic carbocycles. The zero-order valence-corrected chi connectivity index (χ0v) is 16.4. The van der Waals surface area contributed by atoms with Gasteiger partial charge in [0.2, 0.25) is 5.91 Å². The largest absolute Gasteiger partial charge is 0.382 e. The van der Waals surface area contributed by atoms with E-state index < -0.39 is 0 Å². The molecule has 1 aliphatic rings. The summed E-state index contributed by atoms with van der Waals surface area (Å²) < 4.78 is 10.1. The number of amides is 2. The normalized spacial score (nSPS) is 13.3. The highest BCUT2D eigenvalue weighted by Gasteiger charge is 2.24. The van der Waals surface area contributed by atoms with Crippen LogP contribution in [0, 0.1) is 6.92 Å². The van der Waals surface area contributed by atoms with Gasteiger partial charge in [-0.2, -0.15) is 0 Å². The summed E-state index contributed by atoms with van der Waals surface area (Å²) in [4.78, 5) is 28.3. The molecule has 0 spiro atoms. The van der Waals surface area contributed by atoms with E-state index in [1.54, 1.807) is 30.6 Å². The number of thiophene rings is 1. The van der Waals surface area contributed by atoms with Crippen molar-refractivity contribution in [1.29, 1.82) is 0 Å². The predicted molar refractivity (Wildman–Crippen MR) is 105 cm³/mol. The van der Waals surface area contributed by atoms with E-state index in [0.29, 0.717) is 31.0 Å². The number of fused-ring (bicyclic) bond motifs is 1. The van der Waals surface area contributed by atoms with Crippen LogP contribution in [0.25, 0.3) is 0 Å². The molecule has 27 heavy (non-hydrogen) atoms. The number of carbonyl (C=O) groups is 2. The number of hydrogen-bond acceptors (Lipinski definition) is 5. The van der Waals surface area contributed by atoms with Gasteiger partial charge in [-0.3, -0.25) is 9.59 Å². The summed E-state index contributed by atoms with van der Waals surface area (Å²) in [5.74, 6) is -0.253. The van der Waals surface area contributed by atoms with Gasteiger partial charge in [0.15, 0.2) is 0 Å². The first-order chi connectivity index (χ1) is 13.1. The number of rotatable bonds is 7. The Morgan fingerprint density at radius 2 is 2.11 bits per heavy atom. The maximum atomic E-state index is 13.0. The van der Waals surface area contributed by atoms with Crippen LogP contribution in [0.5, 0.6) is 0 Å². The third-order valence-corrected chi connectivity index (χ3v) is 5.62. The molecule has 144 valence electrons. The van der Waals surface area contributed by atoms with Crippen molar-refractivity contribution in [2.24, 2.45) is 0 Å². The molecule has 0 saturated heterocycles. The Morgan fingerprint density at radius 1 is 1.26 bits per heavy atom. The smallest absolute Gasteiger partial charge is 0.254 e. The van der Waals surface area contributed by atoms with Crippen molar-refractivity contribution in [2.75, 3.05) is 38.8 Å². The Labute approximate surface area is 163 Å². The summed E-state index contributed by atoms with van der Waals surface area (Å²) in [5.41, 5.74) is 3.25. The molecular weight excluding hydrogens is 364 g/mol. The highest BCUT2D eigenvalue weighted by molar-refractivity contribution is 7.10. The van der Waals surface area contributed by atoms with Gasteiger partial charge in [-0.15, -0.1) is 11.3 Å². The molecule has 2 amide bonds. The van der Waals surface area contributed by atoms with E-state index in [1.165, 1.54) is 10.4 Å². The molecule has 6 nitrogen and oxygen atoms in total. The zero-order chi connectivity index (χ0) is 19.2. The molecule has 1 aromatic heterocycles. The molecule has 1 aliphatic heterocycles. The molecule has 2 heterocycles. The van der Waals surface area contributed by atoms with Gasteiger partial charge in [-0.1, -0.05) is 6.07 Å². The first-order valence-corrected chi connectivity index (χ1v) is 9.78. The van der Waals surface area contributed by atoms with E-state index in [9.17, 15) is 9.59 Å². The Hall–Kier alpha value is -2.22. The van der Waals surface area contributed by atoms with E-state index in [2.05, 4.69) is 16.8 Å². The number of anilines is 1. The molecular formula is C20H24N2O4S. The number of methoxy groups -OCH3 is 1. The topological polar surface area (TPSA) is 67.9 Å². The number of benzene rings is 1. The summed E-state index contributed by atoms with van der Waals surface area (Å²) in [6.07, 6.45) is 0.896. The molecule has 1 aromatic carbocycles. The van der Waals surface area contributed by atoms with E-state index in [1.807, 2.05) is 17.9 Å². The van der Waals surface area contributed by atoms with Gasteiger partial charge in [0.05, 0.1) is 13.2 Å². The second kappa shape index (κ2) is 9.12. The minimum Gasteiger partial charge on any atom is -0.382 e. The lowest BCUT2D eigenvalue weighted by atomic mass is 10.0. The first kappa shape index (κ1) is 19.5. The van der Waals surface area contributed by atoms with Crippen molar-refractivity contribution in [3.8, 4) is 0 Å². The fraction of sp³-hybridized carbons (Fsp3) is 0.400. The number of hydrogen-bond donors (Lipinski definition) is 1. The summed E-state index contributed by atoms with van der Waals surface area (Å²) >= 11 is 1.75. The van der Waals surface area contributed by atoms with Gasteiger partial charge >= 0.3 is 0 Å². The Morgan fingerprint density at radius 3 is 2.93 bits per heavy atom. The van der Waals surface area contributed by atoms with Crippen LogP contribution in [0.1, 0.15) is 26.4 Å². The van der Waals surface area contributed by atoms with Gasteiger partial charge in [0.1, 0.15) is 6.61 Å². The van der Waals surface area contributed by atoms with E-state index in [-0.39, 0.29) is 18.4 Å². The molecule has 0 atom stereocenters. The highest BCUT2D eigenvalue weighted by Crippen LogP contribution is 2.27. The number of carbonyl (C=O) groups excluding carboxylic acids is 2. The maximum absolute atomic E-state index is 13.0. The lowest BCUT2D eigenvalue weighted by Gasteiger charge is -2.28. The molecule has 3 rings (SSSR count). The predicted octanol–water partition coefficient (Wildman–Crippen LogP) is 2.86. The second-order valence-electron chi connectivity index (χ2n) is 6.42. The lowest BCUT2D eigenvalue weighted by Crippen LogP contribution is -2.35. The van der Waals surface area contributed by atoms with Crippen LogP contribution in [0.3, 0.4) is 0 Å². The van der Waals surface area contributed by atoms with Crippen molar-refractivity contribution in [2.45, 2.75) is 19.9 Å². The number of nitrogens with one attached hydrogen (secondary N) is 1. The van der Waals surface area contributed by atoms with Crippen LogP contribution in [0.4, 0.5) is 5.69 Å². The van der Waals surface area contributed by atoms with Crippen LogP contribution in [0.15, 0.2) is 29.6 Å². The molecule has 0 saturated carbocycles. The number of nitrogens with zero attached hydrogens (tertiary/aromatic N) is 1. The van der Waals surface area contributed by atoms with Crippen LogP contribution in [-0.4, -0.2) is 50.2 Å². The summed E-state index contributed by atoms with van der Waals surface area (Å²) in [7, 11) is 1.58. The molecule has 0 fully saturated rings. The summed E-state index contributed by atoms with van der Waals surface area (Å²) in [5, 5.41) is 4.90. The van der Waals surface area contributed by atoms with E-state index >= 15 is 0 Å². The SMILES string of the molecule is COCCOCC(=O)Nc1cccc(C(=O)N2CCc3sccc3C2)c1C. The van der Waals surface area contributed by atoms with E-state index in [0.717, 1.165) is 18.5 Å². The zero-order valence-electron chi connectivity index (χ0n) is 15.6. The van der Waals surface area contributed by atoms with Crippen molar-refractivity contribution in [3.05, 3.63) is 51.2 Å². The minimum absolute atomic E-state index is 0.00297. The van der Waals surface area contributed by atoms with Crippen molar-refractivity contribution in [1.82, 2.24) is 4.90 Å². The average Bonchev–Trinajstić information content (AvgIpc) is 3.14. The van der Waals surface area contributed by atoms with Crippen LogP contribution >= 0.6 is 11.3 Å². The minimum atomic E-state index is -0.250. The Kier molecular flexibility index (Phi) is 6.60. The monoisotopic (exact) mass is 388 g/mol. The van der Waals surface area contributed by atoms with Gasteiger partial charge in [0, 0.05) is 36.3 Å². The quantitative estimate of drug-likeness (QED) is 0.741. The third-order valence-electron chi connectivity index (χ3n) is 4.60. The molecule has 1 N–H and O–H groups in total. The lowest BCUT2D eigenvalue weighted by molar-refractivity contribution is -0.121.